The second-order valence-corrected chi connectivity index (χ2v) is 4.72. The van der Waals surface area contributed by atoms with Crippen molar-refractivity contribution in [3.05, 3.63) is 34.3 Å². The zero-order valence-corrected chi connectivity index (χ0v) is 9.68. The van der Waals surface area contributed by atoms with Gasteiger partial charge in [0.25, 0.3) is 0 Å². The van der Waals surface area contributed by atoms with E-state index in [1.54, 1.807) is 0 Å². The molecular weight excluding hydrogens is 240 g/mol. The van der Waals surface area contributed by atoms with Crippen LogP contribution in [0.1, 0.15) is 18.4 Å². The minimum absolute atomic E-state index is 0.162. The van der Waals surface area contributed by atoms with Gasteiger partial charge in [0, 0.05) is 10.0 Å². The van der Waals surface area contributed by atoms with E-state index in [-0.39, 0.29) is 5.54 Å². The van der Waals surface area contributed by atoms with Gasteiger partial charge in [-0.15, -0.1) is 0 Å². The molecule has 1 aromatic rings. The van der Waals surface area contributed by atoms with Crippen LogP contribution in [0.4, 0.5) is 0 Å². The predicted octanol–water partition coefficient (Wildman–Crippen LogP) is 1.99. The van der Waals surface area contributed by atoms with Gasteiger partial charge in [-0.1, -0.05) is 28.1 Å². The minimum Gasteiger partial charge on any atom is -0.330 e. The van der Waals surface area contributed by atoms with E-state index in [2.05, 4.69) is 45.5 Å². The van der Waals surface area contributed by atoms with E-state index in [0.29, 0.717) is 0 Å². The number of hydrogen-bond acceptors (Lipinski definition) is 2. The van der Waals surface area contributed by atoms with Crippen molar-refractivity contribution in [3.63, 3.8) is 0 Å². The lowest BCUT2D eigenvalue weighted by molar-refractivity contribution is 0.196. The minimum atomic E-state index is 0.162. The van der Waals surface area contributed by atoms with Crippen molar-refractivity contribution in [2.45, 2.75) is 18.4 Å². The summed E-state index contributed by atoms with van der Waals surface area (Å²) in [6.07, 6.45) is 2.22. The first kappa shape index (κ1) is 10.1. The second-order valence-electron chi connectivity index (χ2n) is 3.80. The van der Waals surface area contributed by atoms with Gasteiger partial charge >= 0.3 is 0 Å². The molecule has 1 saturated heterocycles. The maximum atomic E-state index is 5.64. The highest BCUT2D eigenvalue weighted by Gasteiger charge is 2.36. The van der Waals surface area contributed by atoms with E-state index in [1.165, 1.54) is 12.0 Å². The molecule has 1 aliphatic heterocycles. The van der Waals surface area contributed by atoms with Gasteiger partial charge in [-0.05, 0) is 43.6 Å². The fraction of sp³-hybridized carbons (Fsp3) is 0.455. The van der Waals surface area contributed by atoms with Gasteiger partial charge in [0.1, 0.15) is 0 Å². The molecular formula is C11H15BrN2. The van der Waals surface area contributed by atoms with Gasteiger partial charge < -0.3 is 11.1 Å². The van der Waals surface area contributed by atoms with E-state index < -0.39 is 0 Å². The molecule has 0 radical (unpaired) electrons. The number of nitrogens with two attached hydrogens (primary N) is 1. The zero-order chi connectivity index (χ0) is 10.0. The fourth-order valence-corrected chi connectivity index (χ4v) is 2.31. The molecule has 0 aromatic heterocycles. The Morgan fingerprint density at radius 2 is 2.00 bits per heavy atom. The highest BCUT2D eigenvalue weighted by Crippen LogP contribution is 2.34. The molecule has 1 heterocycles. The summed E-state index contributed by atoms with van der Waals surface area (Å²) >= 11 is 3.45. The van der Waals surface area contributed by atoms with Crippen LogP contribution >= 0.6 is 15.9 Å². The summed E-state index contributed by atoms with van der Waals surface area (Å²) < 4.78 is 1.13. The normalized spacial score (nSPS) is 25.9. The third-order valence-corrected chi connectivity index (χ3v) is 3.51. The Bertz CT molecular complexity index is 304. The highest BCUT2D eigenvalue weighted by molar-refractivity contribution is 9.10. The Balaban J connectivity index is 2.23. The summed E-state index contributed by atoms with van der Waals surface area (Å²) in [6, 6.07) is 8.53. The Hall–Kier alpha value is -0.380. The van der Waals surface area contributed by atoms with Gasteiger partial charge in [0.05, 0.1) is 0 Å². The topological polar surface area (TPSA) is 38.0 Å². The van der Waals surface area contributed by atoms with Gasteiger partial charge in [-0.25, -0.2) is 0 Å². The molecule has 1 atom stereocenters. The lowest BCUT2D eigenvalue weighted by Gasteiger charge is -2.44. The molecule has 0 amide bonds. The number of nitrogens with one attached hydrogen (secondary N) is 1. The van der Waals surface area contributed by atoms with Crippen LogP contribution in [-0.2, 0) is 5.54 Å². The standard InChI is InChI=1S/C11H15BrN2/c12-10-3-1-9(2-4-10)11(5-7-13)6-8-14-11/h1-4,14H,5-8,13H2. The van der Waals surface area contributed by atoms with Gasteiger partial charge in [0.2, 0.25) is 0 Å². The first-order valence-corrected chi connectivity index (χ1v) is 5.77. The van der Waals surface area contributed by atoms with E-state index in [0.717, 1.165) is 24.0 Å². The highest BCUT2D eigenvalue weighted by atomic mass is 79.9. The second kappa shape index (κ2) is 4.01. The molecule has 1 unspecified atom stereocenters. The van der Waals surface area contributed by atoms with E-state index >= 15 is 0 Å². The summed E-state index contributed by atoms with van der Waals surface area (Å²) in [7, 11) is 0. The number of rotatable bonds is 3. The van der Waals surface area contributed by atoms with Crippen LogP contribution in [0.15, 0.2) is 28.7 Å². The summed E-state index contributed by atoms with van der Waals surface area (Å²) in [5, 5.41) is 3.50. The first-order valence-electron chi connectivity index (χ1n) is 4.98. The van der Waals surface area contributed by atoms with Crippen molar-refractivity contribution >= 4 is 15.9 Å². The maximum Gasteiger partial charge on any atom is 0.0458 e. The smallest absolute Gasteiger partial charge is 0.0458 e. The number of benzene rings is 1. The summed E-state index contributed by atoms with van der Waals surface area (Å²) in [5.74, 6) is 0. The van der Waals surface area contributed by atoms with Gasteiger partial charge in [-0.3, -0.25) is 0 Å². The largest absolute Gasteiger partial charge is 0.330 e. The van der Waals surface area contributed by atoms with Crippen LogP contribution in [-0.4, -0.2) is 13.1 Å². The lowest BCUT2D eigenvalue weighted by atomic mass is 9.78. The summed E-state index contributed by atoms with van der Waals surface area (Å²) in [6.45, 7) is 1.85. The molecule has 0 saturated carbocycles. The van der Waals surface area contributed by atoms with Crippen LogP contribution in [0.3, 0.4) is 0 Å². The maximum absolute atomic E-state index is 5.64. The average molecular weight is 255 g/mol. The van der Waals surface area contributed by atoms with Gasteiger partial charge in [0.15, 0.2) is 0 Å². The molecule has 1 aromatic carbocycles. The molecule has 1 aliphatic rings. The quantitative estimate of drug-likeness (QED) is 0.866. The Morgan fingerprint density at radius 1 is 1.36 bits per heavy atom. The van der Waals surface area contributed by atoms with E-state index in [9.17, 15) is 0 Å². The SMILES string of the molecule is NCCC1(c2ccc(Br)cc2)CCN1. The average Bonchev–Trinajstić information content (AvgIpc) is 2.13. The molecule has 0 spiro atoms. The van der Waals surface area contributed by atoms with Crippen LogP contribution in [0.2, 0.25) is 0 Å². The Kier molecular flexibility index (Phi) is 2.91. The van der Waals surface area contributed by atoms with Crippen molar-refractivity contribution in [2.75, 3.05) is 13.1 Å². The molecule has 0 bridgehead atoms. The molecule has 2 nitrogen and oxygen atoms in total. The molecule has 0 aliphatic carbocycles. The van der Waals surface area contributed by atoms with Crippen LogP contribution < -0.4 is 11.1 Å². The first-order chi connectivity index (χ1) is 6.77. The lowest BCUT2D eigenvalue weighted by Crippen LogP contribution is -2.55. The fourth-order valence-electron chi connectivity index (χ4n) is 2.05. The molecule has 14 heavy (non-hydrogen) atoms. The zero-order valence-electron chi connectivity index (χ0n) is 8.09. The van der Waals surface area contributed by atoms with Crippen molar-refractivity contribution < 1.29 is 0 Å². The number of hydrogen-bond donors (Lipinski definition) is 2. The van der Waals surface area contributed by atoms with Crippen LogP contribution in [0.5, 0.6) is 0 Å². The summed E-state index contributed by atoms with van der Waals surface area (Å²) in [4.78, 5) is 0. The van der Waals surface area contributed by atoms with Crippen molar-refractivity contribution in [1.29, 1.82) is 0 Å². The molecule has 76 valence electrons. The van der Waals surface area contributed by atoms with E-state index in [1.807, 2.05) is 0 Å². The predicted molar refractivity (Wildman–Crippen MR) is 62.1 cm³/mol. The molecule has 3 heteroatoms. The van der Waals surface area contributed by atoms with Crippen LogP contribution in [0.25, 0.3) is 0 Å². The third kappa shape index (κ3) is 1.72. The molecule has 1 fully saturated rings. The van der Waals surface area contributed by atoms with Crippen molar-refractivity contribution in [1.82, 2.24) is 5.32 Å². The Labute approximate surface area is 93.0 Å². The van der Waals surface area contributed by atoms with Gasteiger partial charge in [-0.2, -0.15) is 0 Å². The molecule has 2 rings (SSSR count). The van der Waals surface area contributed by atoms with Crippen molar-refractivity contribution in [3.8, 4) is 0 Å². The number of halogens is 1. The molecule has 3 N–H and O–H groups in total. The van der Waals surface area contributed by atoms with Crippen molar-refractivity contribution in [2.24, 2.45) is 5.73 Å². The van der Waals surface area contributed by atoms with E-state index in [4.69, 9.17) is 5.73 Å². The monoisotopic (exact) mass is 254 g/mol. The summed E-state index contributed by atoms with van der Waals surface area (Å²) in [5.41, 5.74) is 7.16. The Morgan fingerprint density at radius 3 is 2.43 bits per heavy atom. The third-order valence-electron chi connectivity index (χ3n) is 2.98. The van der Waals surface area contributed by atoms with Crippen LogP contribution in [0, 0.1) is 0 Å².